The Hall–Kier alpha value is -1.23. The Balaban J connectivity index is 1.86. The molecule has 1 heterocycles. The second-order valence-corrected chi connectivity index (χ2v) is 6.16. The second-order valence-electron chi connectivity index (χ2n) is 5.24. The fourth-order valence-corrected chi connectivity index (χ4v) is 2.63. The van der Waals surface area contributed by atoms with Crippen molar-refractivity contribution in [1.29, 1.82) is 0 Å². The number of nitrogens with zero attached hydrogens (tertiary/aromatic N) is 2. The molecule has 1 aromatic carbocycles. The van der Waals surface area contributed by atoms with E-state index in [2.05, 4.69) is 68.5 Å². The van der Waals surface area contributed by atoms with Crippen LogP contribution >= 0.6 is 15.9 Å². The van der Waals surface area contributed by atoms with Gasteiger partial charge in [-0.2, -0.15) is 0 Å². The zero-order valence-electron chi connectivity index (χ0n) is 12.6. The number of rotatable bonds is 7. The molecule has 1 atom stereocenters. The van der Waals surface area contributed by atoms with Crippen molar-refractivity contribution in [2.45, 2.75) is 19.0 Å². The molecule has 112 valence electrons. The molecule has 4 heteroatoms. The largest absolute Gasteiger partial charge is 0.313 e. The summed E-state index contributed by atoms with van der Waals surface area (Å²) in [5.41, 5.74) is 2.44. The Kier molecular flexibility index (Phi) is 6.36. The molecule has 0 aliphatic carbocycles. The molecular weight excluding hydrogens is 326 g/mol. The topological polar surface area (TPSA) is 28.2 Å². The maximum atomic E-state index is 4.37. The molecule has 0 spiro atoms. The van der Waals surface area contributed by atoms with E-state index in [1.807, 2.05) is 25.4 Å². The first kappa shape index (κ1) is 16.1. The molecule has 2 aromatic rings. The summed E-state index contributed by atoms with van der Waals surface area (Å²) in [5, 5.41) is 3.40. The van der Waals surface area contributed by atoms with Crippen LogP contribution in [0.5, 0.6) is 0 Å². The highest BCUT2D eigenvalue weighted by Gasteiger charge is 2.10. The lowest BCUT2D eigenvalue weighted by Crippen LogP contribution is -2.25. The van der Waals surface area contributed by atoms with Gasteiger partial charge in [-0.3, -0.25) is 4.98 Å². The third kappa shape index (κ3) is 5.23. The van der Waals surface area contributed by atoms with Gasteiger partial charge in [0.25, 0.3) is 0 Å². The minimum atomic E-state index is 0.379. The normalized spacial score (nSPS) is 12.6. The van der Waals surface area contributed by atoms with Crippen LogP contribution in [0.25, 0.3) is 0 Å². The third-order valence-corrected chi connectivity index (χ3v) is 4.11. The standard InChI is InChI=1S/C17H22BrN3/c1-19-17(14-6-8-15(18)9-7-14)10-12-21(2)13-16-5-3-4-11-20-16/h3-9,11,17,19H,10,12-13H2,1-2H3. The summed E-state index contributed by atoms with van der Waals surface area (Å²) in [5.74, 6) is 0. The van der Waals surface area contributed by atoms with E-state index in [4.69, 9.17) is 0 Å². The minimum Gasteiger partial charge on any atom is -0.313 e. The van der Waals surface area contributed by atoms with Gasteiger partial charge in [-0.15, -0.1) is 0 Å². The lowest BCUT2D eigenvalue weighted by molar-refractivity contribution is 0.300. The number of pyridine rings is 1. The molecule has 0 aliphatic rings. The fraction of sp³-hybridized carbons (Fsp3) is 0.353. The van der Waals surface area contributed by atoms with Crippen LogP contribution in [-0.2, 0) is 6.54 Å². The maximum Gasteiger partial charge on any atom is 0.0543 e. The van der Waals surface area contributed by atoms with Crippen molar-refractivity contribution >= 4 is 15.9 Å². The molecule has 0 bridgehead atoms. The molecule has 0 fully saturated rings. The van der Waals surface area contributed by atoms with Crippen LogP contribution in [-0.4, -0.2) is 30.5 Å². The summed E-state index contributed by atoms with van der Waals surface area (Å²) >= 11 is 3.48. The molecule has 0 saturated heterocycles. The van der Waals surface area contributed by atoms with Crippen molar-refractivity contribution in [2.75, 3.05) is 20.6 Å². The summed E-state index contributed by atoms with van der Waals surface area (Å²) in [4.78, 5) is 6.68. The highest BCUT2D eigenvalue weighted by Crippen LogP contribution is 2.19. The smallest absolute Gasteiger partial charge is 0.0543 e. The van der Waals surface area contributed by atoms with Gasteiger partial charge in [0.05, 0.1) is 5.69 Å². The summed E-state index contributed by atoms with van der Waals surface area (Å²) < 4.78 is 1.12. The van der Waals surface area contributed by atoms with Gasteiger partial charge in [0.1, 0.15) is 0 Å². The van der Waals surface area contributed by atoms with Crippen molar-refractivity contribution in [3.05, 3.63) is 64.4 Å². The van der Waals surface area contributed by atoms with Crippen LogP contribution in [0.4, 0.5) is 0 Å². The Morgan fingerprint density at radius 2 is 1.95 bits per heavy atom. The second kappa shape index (κ2) is 8.27. The molecule has 0 radical (unpaired) electrons. The zero-order valence-corrected chi connectivity index (χ0v) is 14.2. The number of hydrogen-bond donors (Lipinski definition) is 1. The monoisotopic (exact) mass is 347 g/mol. The number of nitrogens with one attached hydrogen (secondary N) is 1. The Morgan fingerprint density at radius 1 is 1.19 bits per heavy atom. The highest BCUT2D eigenvalue weighted by atomic mass is 79.9. The van der Waals surface area contributed by atoms with E-state index in [-0.39, 0.29) is 0 Å². The molecule has 1 N–H and O–H groups in total. The SMILES string of the molecule is CNC(CCN(C)Cc1ccccn1)c1ccc(Br)cc1. The van der Waals surface area contributed by atoms with E-state index >= 15 is 0 Å². The summed E-state index contributed by atoms with van der Waals surface area (Å²) in [6, 6.07) is 15.0. The van der Waals surface area contributed by atoms with Crippen molar-refractivity contribution in [3.8, 4) is 0 Å². The Labute approximate surface area is 135 Å². The molecule has 0 saturated carbocycles. The number of hydrogen-bond acceptors (Lipinski definition) is 3. The molecule has 21 heavy (non-hydrogen) atoms. The van der Waals surface area contributed by atoms with Crippen molar-refractivity contribution in [3.63, 3.8) is 0 Å². The van der Waals surface area contributed by atoms with Gasteiger partial charge in [0, 0.05) is 29.8 Å². The first-order valence-corrected chi connectivity index (χ1v) is 7.99. The van der Waals surface area contributed by atoms with Crippen molar-refractivity contribution in [2.24, 2.45) is 0 Å². The van der Waals surface area contributed by atoms with Crippen molar-refractivity contribution in [1.82, 2.24) is 15.2 Å². The van der Waals surface area contributed by atoms with Gasteiger partial charge >= 0.3 is 0 Å². The van der Waals surface area contributed by atoms with E-state index in [1.165, 1.54) is 5.56 Å². The quantitative estimate of drug-likeness (QED) is 0.828. The molecule has 0 aliphatic heterocycles. The first-order valence-electron chi connectivity index (χ1n) is 7.20. The molecular formula is C17H22BrN3. The van der Waals surface area contributed by atoms with Gasteiger partial charge < -0.3 is 10.2 Å². The van der Waals surface area contributed by atoms with Gasteiger partial charge in [-0.05, 0) is 50.3 Å². The van der Waals surface area contributed by atoms with E-state index in [0.717, 1.165) is 29.7 Å². The lowest BCUT2D eigenvalue weighted by atomic mass is 10.0. The van der Waals surface area contributed by atoms with Crippen LogP contribution in [0.1, 0.15) is 23.7 Å². The predicted molar refractivity (Wildman–Crippen MR) is 91.1 cm³/mol. The van der Waals surface area contributed by atoms with Gasteiger partial charge in [-0.1, -0.05) is 34.1 Å². The summed E-state index contributed by atoms with van der Waals surface area (Å²) in [7, 11) is 4.16. The van der Waals surface area contributed by atoms with Crippen LogP contribution in [0.15, 0.2) is 53.1 Å². The highest BCUT2D eigenvalue weighted by molar-refractivity contribution is 9.10. The van der Waals surface area contributed by atoms with Crippen molar-refractivity contribution < 1.29 is 0 Å². The first-order chi connectivity index (χ1) is 10.2. The fourth-order valence-electron chi connectivity index (χ4n) is 2.37. The van der Waals surface area contributed by atoms with Crippen LogP contribution in [0.3, 0.4) is 0 Å². The van der Waals surface area contributed by atoms with Crippen LogP contribution in [0.2, 0.25) is 0 Å². The van der Waals surface area contributed by atoms with Gasteiger partial charge in [-0.25, -0.2) is 0 Å². The van der Waals surface area contributed by atoms with E-state index in [9.17, 15) is 0 Å². The van der Waals surface area contributed by atoms with E-state index in [1.54, 1.807) is 0 Å². The Bertz CT molecular complexity index is 527. The number of aromatic nitrogens is 1. The average molecular weight is 348 g/mol. The third-order valence-electron chi connectivity index (χ3n) is 3.58. The lowest BCUT2D eigenvalue weighted by Gasteiger charge is -2.21. The number of halogens is 1. The van der Waals surface area contributed by atoms with E-state index < -0.39 is 0 Å². The zero-order chi connectivity index (χ0) is 15.1. The van der Waals surface area contributed by atoms with Crippen LogP contribution in [0, 0.1) is 0 Å². The van der Waals surface area contributed by atoms with Crippen LogP contribution < -0.4 is 5.32 Å². The maximum absolute atomic E-state index is 4.37. The molecule has 0 amide bonds. The minimum absolute atomic E-state index is 0.379. The van der Waals surface area contributed by atoms with Gasteiger partial charge in [0.15, 0.2) is 0 Å². The predicted octanol–water partition coefficient (Wildman–Crippen LogP) is 3.63. The van der Waals surface area contributed by atoms with E-state index in [0.29, 0.717) is 6.04 Å². The molecule has 2 rings (SSSR count). The molecule has 1 unspecified atom stereocenters. The Morgan fingerprint density at radius 3 is 2.57 bits per heavy atom. The average Bonchev–Trinajstić information content (AvgIpc) is 2.50. The molecule has 3 nitrogen and oxygen atoms in total. The number of benzene rings is 1. The summed E-state index contributed by atoms with van der Waals surface area (Å²) in [6.07, 6.45) is 2.92. The van der Waals surface area contributed by atoms with Gasteiger partial charge in [0.2, 0.25) is 0 Å². The molecule has 1 aromatic heterocycles. The summed E-state index contributed by atoms with van der Waals surface area (Å²) in [6.45, 7) is 1.91.